The summed E-state index contributed by atoms with van der Waals surface area (Å²) in [5, 5.41) is 2.17. The van der Waals surface area contributed by atoms with Crippen molar-refractivity contribution in [3.05, 3.63) is 95.1 Å². The number of carbonyl (C=O) groups is 4. The molecule has 170 valence electrons. The summed E-state index contributed by atoms with van der Waals surface area (Å²) < 4.78 is 10.6. The number of carbonyl (C=O) groups excluding carboxylic acids is 4. The van der Waals surface area contributed by atoms with Crippen molar-refractivity contribution in [1.82, 2.24) is 5.32 Å². The van der Waals surface area contributed by atoms with Gasteiger partial charge < -0.3 is 9.47 Å². The van der Waals surface area contributed by atoms with E-state index in [4.69, 9.17) is 9.47 Å². The van der Waals surface area contributed by atoms with Gasteiger partial charge in [-0.15, -0.1) is 0 Å². The van der Waals surface area contributed by atoms with Gasteiger partial charge in [0, 0.05) is 5.56 Å². The first-order chi connectivity index (χ1) is 16.4. The van der Waals surface area contributed by atoms with Crippen molar-refractivity contribution in [2.24, 2.45) is 0 Å². The third-order valence-corrected chi connectivity index (χ3v) is 5.14. The van der Waals surface area contributed by atoms with Gasteiger partial charge in [-0.2, -0.15) is 0 Å². The minimum Gasteiger partial charge on any atom is -0.497 e. The molecule has 3 aromatic rings. The molecule has 0 spiro atoms. The van der Waals surface area contributed by atoms with Gasteiger partial charge in [0.25, 0.3) is 11.8 Å². The van der Waals surface area contributed by atoms with Crippen LogP contribution in [0.5, 0.6) is 11.5 Å². The van der Waals surface area contributed by atoms with Gasteiger partial charge in [0.1, 0.15) is 17.1 Å². The number of barbiturate groups is 1. The molecule has 4 amide bonds. The Morgan fingerprint density at radius 1 is 0.912 bits per heavy atom. The standard InChI is InChI=1S/C26H20N2O6/c1-16-7-9-17(10-8-16)25(31)34-22-6-4-3-5-18(22)15-21-23(29)27-26(32)28(24(21)30)19-11-13-20(33-2)14-12-19/h3-15H,1-2H3,(H,27,29,32). The molecule has 0 bridgehead atoms. The molecule has 1 saturated heterocycles. The minimum absolute atomic E-state index is 0.161. The van der Waals surface area contributed by atoms with Crippen molar-refractivity contribution < 1.29 is 28.7 Å². The predicted molar refractivity (Wildman–Crippen MR) is 125 cm³/mol. The van der Waals surface area contributed by atoms with E-state index in [9.17, 15) is 19.2 Å². The van der Waals surface area contributed by atoms with Crippen molar-refractivity contribution in [3.8, 4) is 11.5 Å². The van der Waals surface area contributed by atoms with Gasteiger partial charge >= 0.3 is 12.0 Å². The number of ether oxygens (including phenoxy) is 2. The molecule has 1 fully saturated rings. The SMILES string of the molecule is COc1ccc(N2C(=O)NC(=O)C(=Cc3ccccc3OC(=O)c3ccc(C)cc3)C2=O)cc1. The number of esters is 1. The van der Waals surface area contributed by atoms with Crippen molar-refractivity contribution in [2.45, 2.75) is 6.92 Å². The molecular weight excluding hydrogens is 436 g/mol. The van der Waals surface area contributed by atoms with Crippen LogP contribution in [0.15, 0.2) is 78.4 Å². The Morgan fingerprint density at radius 2 is 1.59 bits per heavy atom. The van der Waals surface area contributed by atoms with Crippen LogP contribution >= 0.6 is 0 Å². The van der Waals surface area contributed by atoms with Crippen LogP contribution in [-0.2, 0) is 9.59 Å². The van der Waals surface area contributed by atoms with E-state index in [0.29, 0.717) is 16.9 Å². The maximum Gasteiger partial charge on any atom is 0.343 e. The molecule has 0 atom stereocenters. The molecule has 0 saturated carbocycles. The zero-order valence-corrected chi connectivity index (χ0v) is 18.4. The third kappa shape index (κ3) is 4.56. The fourth-order valence-corrected chi connectivity index (χ4v) is 3.32. The lowest BCUT2D eigenvalue weighted by Gasteiger charge is -2.26. The maximum absolute atomic E-state index is 13.1. The minimum atomic E-state index is -0.864. The quantitative estimate of drug-likeness (QED) is 0.271. The Kier molecular flexibility index (Phi) is 6.22. The second-order valence-corrected chi connectivity index (χ2v) is 7.45. The van der Waals surface area contributed by atoms with Gasteiger partial charge in [-0.05, 0) is 55.5 Å². The number of methoxy groups -OCH3 is 1. The average Bonchev–Trinajstić information content (AvgIpc) is 2.83. The smallest absolute Gasteiger partial charge is 0.343 e. The van der Waals surface area contributed by atoms with Crippen LogP contribution in [0.1, 0.15) is 21.5 Å². The summed E-state index contributed by atoms with van der Waals surface area (Å²) >= 11 is 0. The predicted octanol–water partition coefficient (Wildman–Crippen LogP) is 3.89. The molecule has 0 aliphatic carbocycles. The van der Waals surface area contributed by atoms with Crippen LogP contribution < -0.4 is 19.7 Å². The molecule has 0 unspecified atom stereocenters. The molecule has 4 rings (SSSR count). The molecule has 1 aliphatic heterocycles. The number of hydrogen-bond acceptors (Lipinski definition) is 6. The first-order valence-electron chi connectivity index (χ1n) is 10.3. The van der Waals surface area contributed by atoms with Crippen LogP contribution in [0, 0.1) is 6.92 Å². The number of hydrogen-bond donors (Lipinski definition) is 1. The largest absolute Gasteiger partial charge is 0.497 e. The number of imide groups is 2. The van der Waals surface area contributed by atoms with Gasteiger partial charge in [-0.3, -0.25) is 14.9 Å². The summed E-state index contributed by atoms with van der Waals surface area (Å²) in [6.45, 7) is 1.91. The first kappa shape index (κ1) is 22.5. The molecule has 3 aromatic carbocycles. The van der Waals surface area contributed by atoms with Crippen LogP contribution in [0.25, 0.3) is 6.08 Å². The number of rotatable bonds is 5. The maximum atomic E-state index is 13.1. The van der Waals surface area contributed by atoms with E-state index in [2.05, 4.69) is 5.32 Å². The van der Waals surface area contributed by atoms with Crippen molar-refractivity contribution in [1.29, 1.82) is 0 Å². The van der Waals surface area contributed by atoms with E-state index in [0.717, 1.165) is 10.5 Å². The molecule has 1 N–H and O–H groups in total. The average molecular weight is 456 g/mol. The van der Waals surface area contributed by atoms with E-state index in [-0.39, 0.29) is 17.0 Å². The number of aryl methyl sites for hydroxylation is 1. The molecular formula is C26H20N2O6. The zero-order valence-electron chi connectivity index (χ0n) is 18.4. The lowest BCUT2D eigenvalue weighted by molar-refractivity contribution is -0.122. The summed E-state index contributed by atoms with van der Waals surface area (Å²) in [4.78, 5) is 51.5. The monoisotopic (exact) mass is 456 g/mol. The first-order valence-corrected chi connectivity index (χ1v) is 10.3. The number of para-hydroxylation sites is 1. The fourth-order valence-electron chi connectivity index (χ4n) is 3.32. The number of amides is 4. The van der Waals surface area contributed by atoms with Crippen LogP contribution in [0.3, 0.4) is 0 Å². The Bertz CT molecular complexity index is 1310. The number of nitrogens with zero attached hydrogens (tertiary/aromatic N) is 1. The van der Waals surface area contributed by atoms with E-state index in [1.54, 1.807) is 60.7 Å². The van der Waals surface area contributed by atoms with E-state index in [1.807, 2.05) is 6.92 Å². The summed E-state index contributed by atoms with van der Waals surface area (Å²) in [5.74, 6) is -1.53. The van der Waals surface area contributed by atoms with Crippen molar-refractivity contribution >= 4 is 35.6 Å². The Morgan fingerprint density at radius 3 is 2.26 bits per heavy atom. The summed E-state index contributed by atoms with van der Waals surface area (Å²) in [6.07, 6.45) is 1.29. The highest BCUT2D eigenvalue weighted by molar-refractivity contribution is 6.39. The molecule has 8 heteroatoms. The van der Waals surface area contributed by atoms with Gasteiger partial charge in [0.15, 0.2) is 0 Å². The Labute approximate surface area is 195 Å². The van der Waals surface area contributed by atoms with Crippen LogP contribution in [0.4, 0.5) is 10.5 Å². The van der Waals surface area contributed by atoms with Crippen molar-refractivity contribution in [3.63, 3.8) is 0 Å². The second kappa shape index (κ2) is 9.41. The topological polar surface area (TPSA) is 102 Å². The van der Waals surface area contributed by atoms with Gasteiger partial charge in [0.2, 0.25) is 0 Å². The normalized spacial score (nSPS) is 14.7. The molecule has 0 aromatic heterocycles. The number of nitrogens with one attached hydrogen (secondary N) is 1. The lowest BCUT2D eigenvalue weighted by Crippen LogP contribution is -2.54. The highest BCUT2D eigenvalue weighted by atomic mass is 16.5. The van der Waals surface area contributed by atoms with Gasteiger partial charge in [0.05, 0.1) is 18.4 Å². The summed E-state index contributed by atoms with van der Waals surface area (Å²) in [6, 6.07) is 18.7. The molecule has 1 heterocycles. The van der Waals surface area contributed by atoms with Crippen LogP contribution in [-0.4, -0.2) is 30.9 Å². The molecule has 34 heavy (non-hydrogen) atoms. The fraction of sp³-hybridized carbons (Fsp3) is 0.0769. The molecule has 0 radical (unpaired) electrons. The van der Waals surface area contributed by atoms with Crippen molar-refractivity contribution in [2.75, 3.05) is 12.0 Å². The van der Waals surface area contributed by atoms with E-state index < -0.39 is 23.8 Å². The van der Waals surface area contributed by atoms with Gasteiger partial charge in [-0.1, -0.05) is 35.9 Å². The highest BCUT2D eigenvalue weighted by Gasteiger charge is 2.37. The van der Waals surface area contributed by atoms with E-state index in [1.165, 1.54) is 25.3 Å². The number of benzene rings is 3. The molecule has 8 nitrogen and oxygen atoms in total. The number of anilines is 1. The highest BCUT2D eigenvalue weighted by Crippen LogP contribution is 2.27. The Balaban J connectivity index is 1.65. The lowest BCUT2D eigenvalue weighted by atomic mass is 10.1. The second-order valence-electron chi connectivity index (χ2n) is 7.45. The Hall–Kier alpha value is -4.72. The van der Waals surface area contributed by atoms with E-state index >= 15 is 0 Å². The van der Waals surface area contributed by atoms with Crippen LogP contribution in [0.2, 0.25) is 0 Å². The summed E-state index contributed by atoms with van der Waals surface area (Å²) in [5.41, 5.74) is 1.66. The zero-order chi connectivity index (χ0) is 24.2. The molecule has 1 aliphatic rings. The summed E-state index contributed by atoms with van der Waals surface area (Å²) in [7, 11) is 1.50. The van der Waals surface area contributed by atoms with Gasteiger partial charge in [-0.25, -0.2) is 14.5 Å². The third-order valence-electron chi connectivity index (χ3n) is 5.14. The number of urea groups is 1.